The quantitative estimate of drug-likeness (QED) is 0.803. The van der Waals surface area contributed by atoms with Crippen molar-refractivity contribution in [2.45, 2.75) is 44.7 Å². The highest BCUT2D eigenvalue weighted by molar-refractivity contribution is 5.78. The lowest BCUT2D eigenvalue weighted by atomic mass is 9.96. The lowest BCUT2D eigenvalue weighted by Gasteiger charge is -2.36. The Labute approximate surface area is 174 Å². The van der Waals surface area contributed by atoms with Crippen molar-refractivity contribution < 1.29 is 4.79 Å². The molecule has 4 rings (SSSR count). The number of nitrogens with one attached hydrogen (secondary N) is 1. The minimum absolute atomic E-state index is 0.199. The standard InChI is InChI=1S/C25H33N3O/c1-27(2)23-13-11-20(12-14-23)24(17-26-25(29)21-8-4-5-9-21)28-16-15-19-7-3-6-10-22(19)18-28/h3,6-7,10-14,21,24H,4-5,8-9,15-18H2,1-2H3,(H,26,29). The van der Waals surface area contributed by atoms with Crippen molar-refractivity contribution in [3.63, 3.8) is 0 Å². The number of carbonyl (C=O) groups excluding carboxylic acids is 1. The Morgan fingerprint density at radius 1 is 1.07 bits per heavy atom. The summed E-state index contributed by atoms with van der Waals surface area (Å²) in [6, 6.07) is 17.8. The summed E-state index contributed by atoms with van der Waals surface area (Å²) in [5, 5.41) is 3.29. The van der Waals surface area contributed by atoms with Gasteiger partial charge in [-0.25, -0.2) is 0 Å². The third kappa shape index (κ3) is 4.64. The average molecular weight is 392 g/mol. The van der Waals surface area contributed by atoms with Gasteiger partial charge in [-0.05, 0) is 48.1 Å². The van der Waals surface area contributed by atoms with Gasteiger partial charge in [0.2, 0.25) is 5.91 Å². The molecular formula is C25H33N3O. The SMILES string of the molecule is CN(C)c1ccc(C(CNC(=O)C2CCCC2)N2CCc3ccccc3C2)cc1. The number of fused-ring (bicyclic) bond motifs is 1. The van der Waals surface area contributed by atoms with Crippen LogP contribution in [0.15, 0.2) is 48.5 Å². The van der Waals surface area contributed by atoms with E-state index >= 15 is 0 Å². The zero-order valence-corrected chi connectivity index (χ0v) is 17.7. The summed E-state index contributed by atoms with van der Waals surface area (Å²) in [7, 11) is 4.13. The van der Waals surface area contributed by atoms with E-state index in [1.807, 2.05) is 0 Å². The van der Waals surface area contributed by atoms with Crippen LogP contribution in [-0.2, 0) is 17.8 Å². The van der Waals surface area contributed by atoms with E-state index in [1.165, 1.54) is 35.2 Å². The van der Waals surface area contributed by atoms with Gasteiger partial charge in [-0.2, -0.15) is 0 Å². The summed E-state index contributed by atoms with van der Waals surface area (Å²) >= 11 is 0. The molecule has 0 aromatic heterocycles. The number of carbonyl (C=O) groups is 1. The molecular weight excluding hydrogens is 358 g/mol. The van der Waals surface area contributed by atoms with Crippen LogP contribution in [0.2, 0.25) is 0 Å². The van der Waals surface area contributed by atoms with Gasteiger partial charge in [-0.3, -0.25) is 9.69 Å². The maximum atomic E-state index is 12.7. The summed E-state index contributed by atoms with van der Waals surface area (Å²) in [6.45, 7) is 2.64. The van der Waals surface area contributed by atoms with Gasteiger partial charge in [0.05, 0.1) is 6.04 Å². The molecule has 0 bridgehead atoms. The first-order valence-corrected chi connectivity index (χ1v) is 11.0. The molecule has 1 atom stereocenters. The van der Waals surface area contributed by atoms with E-state index in [9.17, 15) is 4.79 Å². The van der Waals surface area contributed by atoms with E-state index in [-0.39, 0.29) is 17.9 Å². The highest BCUT2D eigenvalue weighted by atomic mass is 16.1. The topological polar surface area (TPSA) is 35.6 Å². The first-order valence-electron chi connectivity index (χ1n) is 11.0. The van der Waals surface area contributed by atoms with Crippen LogP contribution < -0.4 is 10.2 Å². The summed E-state index contributed by atoms with van der Waals surface area (Å²) in [4.78, 5) is 17.3. The number of rotatable bonds is 6. The molecule has 1 amide bonds. The van der Waals surface area contributed by atoms with E-state index in [0.29, 0.717) is 6.54 Å². The fourth-order valence-electron chi connectivity index (χ4n) is 4.77. The second kappa shape index (κ2) is 9.00. The second-order valence-electron chi connectivity index (χ2n) is 8.72. The van der Waals surface area contributed by atoms with E-state index in [1.54, 1.807) is 0 Å². The molecule has 1 unspecified atom stereocenters. The highest BCUT2D eigenvalue weighted by Crippen LogP contribution is 2.29. The van der Waals surface area contributed by atoms with Crippen molar-refractivity contribution in [3.05, 3.63) is 65.2 Å². The molecule has 1 N–H and O–H groups in total. The number of benzene rings is 2. The van der Waals surface area contributed by atoms with Crippen LogP contribution in [0.1, 0.15) is 48.4 Å². The maximum Gasteiger partial charge on any atom is 0.223 e. The number of amides is 1. The molecule has 0 spiro atoms. The molecule has 1 aliphatic carbocycles. The van der Waals surface area contributed by atoms with Gasteiger partial charge in [0.15, 0.2) is 0 Å². The van der Waals surface area contributed by atoms with Gasteiger partial charge in [0.1, 0.15) is 0 Å². The normalized spacial score (nSPS) is 18.3. The monoisotopic (exact) mass is 391 g/mol. The van der Waals surface area contributed by atoms with Crippen LogP contribution in [0, 0.1) is 5.92 Å². The molecule has 4 heteroatoms. The van der Waals surface area contributed by atoms with Gasteiger partial charge >= 0.3 is 0 Å². The highest BCUT2D eigenvalue weighted by Gasteiger charge is 2.27. The van der Waals surface area contributed by atoms with Gasteiger partial charge in [-0.1, -0.05) is 49.2 Å². The van der Waals surface area contributed by atoms with Crippen molar-refractivity contribution in [3.8, 4) is 0 Å². The van der Waals surface area contributed by atoms with E-state index < -0.39 is 0 Å². The van der Waals surface area contributed by atoms with E-state index in [2.05, 4.69) is 77.7 Å². The average Bonchev–Trinajstić information content (AvgIpc) is 3.29. The van der Waals surface area contributed by atoms with Gasteiger partial charge in [-0.15, -0.1) is 0 Å². The summed E-state index contributed by atoms with van der Waals surface area (Å²) < 4.78 is 0. The molecule has 0 radical (unpaired) electrons. The summed E-state index contributed by atoms with van der Waals surface area (Å²) in [5.41, 5.74) is 5.35. The Bertz CT molecular complexity index is 824. The van der Waals surface area contributed by atoms with E-state index in [4.69, 9.17) is 0 Å². The molecule has 1 saturated carbocycles. The first kappa shape index (κ1) is 20.0. The number of anilines is 1. The molecule has 4 nitrogen and oxygen atoms in total. The molecule has 1 aliphatic heterocycles. The number of hydrogen-bond donors (Lipinski definition) is 1. The van der Waals surface area contributed by atoms with Crippen molar-refractivity contribution in [2.75, 3.05) is 32.1 Å². The van der Waals surface area contributed by atoms with Crippen LogP contribution in [0.4, 0.5) is 5.69 Å². The minimum Gasteiger partial charge on any atom is -0.378 e. The fraction of sp³-hybridized carbons (Fsp3) is 0.480. The van der Waals surface area contributed by atoms with Crippen LogP contribution in [0.3, 0.4) is 0 Å². The number of nitrogens with zero attached hydrogens (tertiary/aromatic N) is 2. The van der Waals surface area contributed by atoms with Crippen molar-refractivity contribution in [1.29, 1.82) is 0 Å². The zero-order valence-electron chi connectivity index (χ0n) is 17.7. The van der Waals surface area contributed by atoms with Crippen molar-refractivity contribution in [1.82, 2.24) is 10.2 Å². The maximum absolute atomic E-state index is 12.7. The Morgan fingerprint density at radius 2 is 1.76 bits per heavy atom. The Morgan fingerprint density at radius 3 is 2.45 bits per heavy atom. The molecule has 2 aromatic rings. The Balaban J connectivity index is 1.52. The summed E-state index contributed by atoms with van der Waals surface area (Å²) in [5.74, 6) is 0.462. The third-order valence-corrected chi connectivity index (χ3v) is 6.59. The van der Waals surface area contributed by atoms with E-state index in [0.717, 1.165) is 32.4 Å². The van der Waals surface area contributed by atoms with Gasteiger partial charge in [0.25, 0.3) is 0 Å². The van der Waals surface area contributed by atoms with Gasteiger partial charge < -0.3 is 10.2 Å². The second-order valence-corrected chi connectivity index (χ2v) is 8.72. The predicted molar refractivity (Wildman–Crippen MR) is 119 cm³/mol. The summed E-state index contributed by atoms with van der Waals surface area (Å²) in [6.07, 6.45) is 5.54. The minimum atomic E-state index is 0.199. The molecule has 1 fully saturated rings. The van der Waals surface area contributed by atoms with Crippen LogP contribution in [0.25, 0.3) is 0 Å². The number of hydrogen-bond acceptors (Lipinski definition) is 3. The zero-order chi connectivity index (χ0) is 20.2. The van der Waals surface area contributed by atoms with Gasteiger partial charge in [0, 0.05) is 45.3 Å². The molecule has 29 heavy (non-hydrogen) atoms. The molecule has 0 saturated heterocycles. The fourth-order valence-corrected chi connectivity index (χ4v) is 4.77. The van der Waals surface area contributed by atoms with Crippen molar-refractivity contribution in [2.24, 2.45) is 5.92 Å². The lowest BCUT2D eigenvalue weighted by Crippen LogP contribution is -2.41. The van der Waals surface area contributed by atoms with Crippen LogP contribution in [0.5, 0.6) is 0 Å². The predicted octanol–water partition coefficient (Wildman–Crippen LogP) is 4.16. The lowest BCUT2D eigenvalue weighted by molar-refractivity contribution is -0.125. The Kier molecular flexibility index (Phi) is 6.19. The largest absolute Gasteiger partial charge is 0.378 e. The molecule has 2 aliphatic rings. The smallest absolute Gasteiger partial charge is 0.223 e. The molecule has 1 heterocycles. The van der Waals surface area contributed by atoms with Crippen LogP contribution in [-0.4, -0.2) is 38.0 Å². The molecule has 2 aromatic carbocycles. The third-order valence-electron chi connectivity index (χ3n) is 6.59. The molecule has 154 valence electrons. The Hall–Kier alpha value is -2.33. The van der Waals surface area contributed by atoms with Crippen molar-refractivity contribution >= 4 is 11.6 Å². The first-order chi connectivity index (χ1) is 14.1. The van der Waals surface area contributed by atoms with Crippen LogP contribution >= 0.6 is 0 Å².